The lowest BCUT2D eigenvalue weighted by atomic mass is 10.1. The summed E-state index contributed by atoms with van der Waals surface area (Å²) in [5.41, 5.74) is 2.09. The molecule has 0 saturated carbocycles. The Morgan fingerprint density at radius 1 is 1.11 bits per heavy atom. The molecule has 1 heterocycles. The van der Waals surface area contributed by atoms with Gasteiger partial charge in [0.2, 0.25) is 5.88 Å². The molecule has 0 aliphatic rings. The lowest BCUT2D eigenvalue weighted by molar-refractivity contribution is 0.305. The molecular formula is C20H28N4O3S. The van der Waals surface area contributed by atoms with Gasteiger partial charge in [-0.2, -0.15) is 0 Å². The SMILES string of the molecule is CCCOc1ccc(CNC(=NC)NCCc2ccc(S(C)(=O)=O)cc2)cn1. The number of rotatable bonds is 9. The third-order valence-electron chi connectivity index (χ3n) is 3.99. The first-order chi connectivity index (χ1) is 13.4. The Hall–Kier alpha value is -2.61. The fourth-order valence-corrected chi connectivity index (χ4v) is 3.07. The van der Waals surface area contributed by atoms with Crippen LogP contribution in [0.1, 0.15) is 24.5 Å². The molecule has 152 valence electrons. The van der Waals surface area contributed by atoms with Crippen LogP contribution in [0.25, 0.3) is 0 Å². The average Bonchev–Trinajstić information content (AvgIpc) is 2.69. The largest absolute Gasteiger partial charge is 0.478 e. The average molecular weight is 405 g/mol. The van der Waals surface area contributed by atoms with Gasteiger partial charge in [0.05, 0.1) is 11.5 Å². The summed E-state index contributed by atoms with van der Waals surface area (Å²) in [5, 5.41) is 6.49. The van der Waals surface area contributed by atoms with Crippen LogP contribution in [-0.4, -0.2) is 45.8 Å². The van der Waals surface area contributed by atoms with E-state index >= 15 is 0 Å². The minimum Gasteiger partial charge on any atom is -0.478 e. The van der Waals surface area contributed by atoms with Gasteiger partial charge in [0.15, 0.2) is 15.8 Å². The van der Waals surface area contributed by atoms with E-state index in [1.807, 2.05) is 24.3 Å². The van der Waals surface area contributed by atoms with E-state index in [0.29, 0.717) is 36.4 Å². The summed E-state index contributed by atoms with van der Waals surface area (Å²) >= 11 is 0. The predicted molar refractivity (Wildman–Crippen MR) is 111 cm³/mol. The fraction of sp³-hybridized carbons (Fsp3) is 0.400. The first kappa shape index (κ1) is 21.7. The van der Waals surface area contributed by atoms with Crippen LogP contribution in [0.15, 0.2) is 52.5 Å². The number of aromatic nitrogens is 1. The number of aliphatic imine (C=N–C) groups is 1. The van der Waals surface area contributed by atoms with Gasteiger partial charge in [-0.25, -0.2) is 13.4 Å². The zero-order valence-corrected chi connectivity index (χ0v) is 17.4. The van der Waals surface area contributed by atoms with E-state index in [9.17, 15) is 8.42 Å². The van der Waals surface area contributed by atoms with Crippen molar-refractivity contribution in [1.82, 2.24) is 15.6 Å². The van der Waals surface area contributed by atoms with Crippen LogP contribution in [0.5, 0.6) is 5.88 Å². The lowest BCUT2D eigenvalue weighted by Crippen LogP contribution is -2.37. The smallest absolute Gasteiger partial charge is 0.213 e. The first-order valence-corrected chi connectivity index (χ1v) is 11.1. The third-order valence-corrected chi connectivity index (χ3v) is 5.12. The molecule has 0 atom stereocenters. The fourth-order valence-electron chi connectivity index (χ4n) is 2.44. The Balaban J connectivity index is 1.77. The maximum atomic E-state index is 11.5. The molecule has 8 heteroatoms. The monoisotopic (exact) mass is 404 g/mol. The molecule has 0 amide bonds. The quantitative estimate of drug-likeness (QED) is 0.492. The number of sulfone groups is 1. The van der Waals surface area contributed by atoms with Gasteiger partial charge in [0, 0.05) is 38.7 Å². The van der Waals surface area contributed by atoms with Gasteiger partial charge in [-0.05, 0) is 36.1 Å². The second-order valence-electron chi connectivity index (χ2n) is 6.37. The molecule has 0 bridgehead atoms. The van der Waals surface area contributed by atoms with E-state index in [1.165, 1.54) is 6.26 Å². The van der Waals surface area contributed by atoms with Gasteiger partial charge in [0.25, 0.3) is 0 Å². The number of guanidine groups is 1. The molecular weight excluding hydrogens is 376 g/mol. The molecule has 1 aromatic heterocycles. The van der Waals surface area contributed by atoms with E-state index in [2.05, 4.69) is 27.5 Å². The summed E-state index contributed by atoms with van der Waals surface area (Å²) in [5.74, 6) is 1.33. The molecule has 2 N–H and O–H groups in total. The van der Waals surface area contributed by atoms with E-state index in [0.717, 1.165) is 24.0 Å². The number of nitrogens with one attached hydrogen (secondary N) is 2. The van der Waals surface area contributed by atoms with Crippen molar-refractivity contribution in [2.45, 2.75) is 31.2 Å². The highest BCUT2D eigenvalue weighted by Gasteiger charge is 2.06. The number of nitrogens with zero attached hydrogens (tertiary/aromatic N) is 2. The molecule has 7 nitrogen and oxygen atoms in total. The summed E-state index contributed by atoms with van der Waals surface area (Å²) in [6, 6.07) is 10.8. The highest BCUT2D eigenvalue weighted by molar-refractivity contribution is 7.90. The standard InChI is InChI=1S/C20H28N4O3S/c1-4-13-27-19-10-7-17(14-23-19)15-24-20(21-2)22-12-11-16-5-8-18(9-6-16)28(3,25)26/h5-10,14H,4,11-13,15H2,1-3H3,(H2,21,22,24). The summed E-state index contributed by atoms with van der Waals surface area (Å²) < 4.78 is 28.5. The summed E-state index contributed by atoms with van der Waals surface area (Å²) in [4.78, 5) is 8.82. The zero-order chi connectivity index (χ0) is 20.4. The topological polar surface area (TPSA) is 92.7 Å². The number of benzene rings is 1. The van der Waals surface area contributed by atoms with Gasteiger partial charge in [-0.1, -0.05) is 25.1 Å². The summed E-state index contributed by atoms with van der Waals surface area (Å²) in [7, 11) is -1.44. The van der Waals surface area contributed by atoms with Crippen LogP contribution in [0.4, 0.5) is 0 Å². The summed E-state index contributed by atoms with van der Waals surface area (Å²) in [6.45, 7) is 4.00. The number of hydrogen-bond donors (Lipinski definition) is 2. The Bertz CT molecular complexity index is 863. The van der Waals surface area contributed by atoms with Crippen molar-refractivity contribution in [3.05, 3.63) is 53.7 Å². The summed E-state index contributed by atoms with van der Waals surface area (Å²) in [6.07, 6.45) is 4.71. The van der Waals surface area contributed by atoms with Crippen molar-refractivity contribution in [2.24, 2.45) is 4.99 Å². The Morgan fingerprint density at radius 2 is 1.82 bits per heavy atom. The first-order valence-electron chi connectivity index (χ1n) is 9.23. The van der Waals surface area contributed by atoms with Crippen molar-refractivity contribution in [3.63, 3.8) is 0 Å². The van der Waals surface area contributed by atoms with Crippen LogP contribution in [0.2, 0.25) is 0 Å². The van der Waals surface area contributed by atoms with E-state index in [4.69, 9.17) is 4.74 Å². The highest BCUT2D eigenvalue weighted by Crippen LogP contribution is 2.10. The molecule has 0 aliphatic heterocycles. The molecule has 2 rings (SSSR count). The normalized spacial score (nSPS) is 11.9. The molecule has 0 unspecified atom stereocenters. The highest BCUT2D eigenvalue weighted by atomic mass is 32.2. The minimum atomic E-state index is -3.16. The minimum absolute atomic E-state index is 0.335. The van der Waals surface area contributed by atoms with Crippen LogP contribution in [0.3, 0.4) is 0 Å². The van der Waals surface area contributed by atoms with Crippen LogP contribution < -0.4 is 15.4 Å². The van der Waals surface area contributed by atoms with E-state index < -0.39 is 9.84 Å². The maximum absolute atomic E-state index is 11.5. The van der Waals surface area contributed by atoms with Gasteiger partial charge < -0.3 is 15.4 Å². The van der Waals surface area contributed by atoms with Crippen molar-refractivity contribution in [2.75, 3.05) is 26.5 Å². The van der Waals surface area contributed by atoms with Crippen molar-refractivity contribution in [1.29, 1.82) is 0 Å². The van der Waals surface area contributed by atoms with Gasteiger partial charge in [-0.15, -0.1) is 0 Å². The third kappa shape index (κ3) is 7.19. The van der Waals surface area contributed by atoms with Gasteiger partial charge in [0.1, 0.15) is 0 Å². The zero-order valence-electron chi connectivity index (χ0n) is 16.6. The van der Waals surface area contributed by atoms with Crippen molar-refractivity contribution < 1.29 is 13.2 Å². The van der Waals surface area contributed by atoms with Crippen molar-refractivity contribution in [3.8, 4) is 5.88 Å². The van der Waals surface area contributed by atoms with Crippen LogP contribution in [-0.2, 0) is 22.8 Å². The number of hydrogen-bond acceptors (Lipinski definition) is 5. The molecule has 0 spiro atoms. The molecule has 0 fully saturated rings. The van der Waals surface area contributed by atoms with E-state index in [-0.39, 0.29) is 0 Å². The number of ether oxygens (including phenoxy) is 1. The number of pyridine rings is 1. The molecule has 28 heavy (non-hydrogen) atoms. The Labute approximate surface area is 167 Å². The molecule has 0 radical (unpaired) electrons. The van der Waals surface area contributed by atoms with Crippen LogP contribution >= 0.6 is 0 Å². The second kappa shape index (κ2) is 10.7. The predicted octanol–water partition coefficient (Wildman–Crippen LogP) is 2.18. The van der Waals surface area contributed by atoms with Crippen LogP contribution in [0, 0.1) is 0 Å². The Kier molecular flexibility index (Phi) is 8.25. The van der Waals surface area contributed by atoms with Crippen molar-refractivity contribution >= 4 is 15.8 Å². The molecule has 2 aromatic rings. The lowest BCUT2D eigenvalue weighted by Gasteiger charge is -2.12. The molecule has 0 saturated heterocycles. The van der Waals surface area contributed by atoms with Gasteiger partial charge in [-0.3, -0.25) is 4.99 Å². The maximum Gasteiger partial charge on any atom is 0.213 e. The molecule has 1 aromatic carbocycles. The molecule has 0 aliphatic carbocycles. The van der Waals surface area contributed by atoms with Gasteiger partial charge >= 0.3 is 0 Å². The Morgan fingerprint density at radius 3 is 2.39 bits per heavy atom. The van der Waals surface area contributed by atoms with E-state index in [1.54, 1.807) is 25.4 Å². The second-order valence-corrected chi connectivity index (χ2v) is 8.39.